The van der Waals surface area contributed by atoms with E-state index in [1.807, 2.05) is 13.8 Å². The fourth-order valence-corrected chi connectivity index (χ4v) is 3.69. The van der Waals surface area contributed by atoms with Gasteiger partial charge >= 0.3 is 23.9 Å². The van der Waals surface area contributed by atoms with Crippen molar-refractivity contribution in [2.75, 3.05) is 52.7 Å². The summed E-state index contributed by atoms with van der Waals surface area (Å²) in [6.45, 7) is 4.55. The normalized spacial score (nSPS) is 9.86. The fourth-order valence-electron chi connectivity index (χ4n) is 3.69. The maximum atomic E-state index is 12.7. The molecule has 0 saturated heterocycles. The van der Waals surface area contributed by atoms with Gasteiger partial charge in [-0.2, -0.15) is 0 Å². The summed E-state index contributed by atoms with van der Waals surface area (Å²) < 4.78 is 29.4. The highest BCUT2D eigenvalue weighted by molar-refractivity contribution is 6.06. The van der Waals surface area contributed by atoms with Crippen molar-refractivity contribution in [1.29, 1.82) is 0 Å². The minimum Gasteiger partial charge on any atom is -0.490 e. The first-order valence-electron chi connectivity index (χ1n) is 13.1. The van der Waals surface area contributed by atoms with Crippen molar-refractivity contribution in [1.82, 2.24) is 0 Å². The predicted molar refractivity (Wildman–Crippen MR) is 159 cm³/mol. The minimum absolute atomic E-state index is 0.104. The third-order valence-electron chi connectivity index (χ3n) is 5.64. The molecule has 0 unspecified atom stereocenters. The average molecular weight is 611 g/mol. The molecule has 3 N–H and O–H groups in total. The van der Waals surface area contributed by atoms with Gasteiger partial charge in [0, 0.05) is 16.9 Å². The third-order valence-corrected chi connectivity index (χ3v) is 5.64. The molecular formula is C31H34N2O11. The molecule has 0 saturated carbocycles. The van der Waals surface area contributed by atoms with Crippen molar-refractivity contribution in [3.05, 3.63) is 82.4 Å². The second-order valence-electron chi connectivity index (χ2n) is 8.59. The van der Waals surface area contributed by atoms with Crippen molar-refractivity contribution in [3.8, 4) is 11.5 Å². The lowest BCUT2D eigenvalue weighted by molar-refractivity contribution is 0.0581. The lowest BCUT2D eigenvalue weighted by Gasteiger charge is -2.13. The molecule has 3 rings (SSSR count). The number of amides is 1. The number of benzene rings is 3. The molecule has 1 amide bonds. The fraction of sp³-hybridized carbons (Fsp3) is 0.258. The van der Waals surface area contributed by atoms with Gasteiger partial charge in [0.15, 0.2) is 11.5 Å². The molecule has 0 atom stereocenters. The van der Waals surface area contributed by atoms with Crippen molar-refractivity contribution < 1.29 is 52.4 Å². The molecule has 0 bridgehead atoms. The zero-order valence-corrected chi connectivity index (χ0v) is 25.2. The number of nitrogen functional groups attached to an aromatic ring is 1. The summed E-state index contributed by atoms with van der Waals surface area (Å²) >= 11 is 0. The van der Waals surface area contributed by atoms with Crippen LogP contribution in [0.1, 0.15) is 65.6 Å². The molecule has 0 radical (unpaired) electrons. The van der Waals surface area contributed by atoms with E-state index in [9.17, 15) is 24.0 Å². The number of ether oxygens (including phenoxy) is 6. The van der Waals surface area contributed by atoms with Crippen LogP contribution in [-0.4, -0.2) is 71.4 Å². The van der Waals surface area contributed by atoms with Gasteiger partial charge in [0.2, 0.25) is 0 Å². The molecule has 0 fully saturated rings. The lowest BCUT2D eigenvalue weighted by Crippen LogP contribution is -2.14. The second kappa shape index (κ2) is 16.8. The lowest BCUT2D eigenvalue weighted by atomic mass is 10.1. The Balaban J connectivity index is 0.000000378. The van der Waals surface area contributed by atoms with Gasteiger partial charge < -0.3 is 39.5 Å². The predicted octanol–water partition coefficient (Wildman–Crippen LogP) is 4.15. The Morgan fingerprint density at radius 1 is 0.568 bits per heavy atom. The summed E-state index contributed by atoms with van der Waals surface area (Å²) in [4.78, 5) is 58.9. The topological polar surface area (TPSA) is 179 Å². The van der Waals surface area contributed by atoms with Crippen LogP contribution in [0.25, 0.3) is 0 Å². The summed E-state index contributed by atoms with van der Waals surface area (Å²) in [5.41, 5.74) is 7.04. The van der Waals surface area contributed by atoms with Crippen molar-refractivity contribution in [3.63, 3.8) is 0 Å². The summed E-state index contributed by atoms with van der Waals surface area (Å²) in [6.07, 6.45) is 0. The van der Waals surface area contributed by atoms with E-state index in [0.717, 1.165) is 0 Å². The van der Waals surface area contributed by atoms with Crippen LogP contribution in [0.4, 0.5) is 11.4 Å². The van der Waals surface area contributed by atoms with Gasteiger partial charge in [0.25, 0.3) is 5.91 Å². The Kier molecular flexibility index (Phi) is 13.2. The molecule has 13 heteroatoms. The van der Waals surface area contributed by atoms with E-state index in [-0.39, 0.29) is 27.9 Å². The molecule has 234 valence electrons. The van der Waals surface area contributed by atoms with Crippen LogP contribution in [0.3, 0.4) is 0 Å². The highest BCUT2D eigenvalue weighted by Crippen LogP contribution is 2.29. The maximum Gasteiger partial charge on any atom is 0.337 e. The van der Waals surface area contributed by atoms with Gasteiger partial charge in [-0.1, -0.05) is 0 Å². The molecule has 0 spiro atoms. The van der Waals surface area contributed by atoms with E-state index >= 15 is 0 Å². The zero-order valence-electron chi connectivity index (χ0n) is 25.2. The molecule has 0 aliphatic heterocycles. The molecule has 3 aromatic carbocycles. The Morgan fingerprint density at radius 2 is 0.977 bits per heavy atom. The van der Waals surface area contributed by atoms with Gasteiger partial charge in [-0.15, -0.1) is 0 Å². The van der Waals surface area contributed by atoms with Crippen LogP contribution in [-0.2, 0) is 18.9 Å². The molecule has 0 aliphatic carbocycles. The SMILES string of the molecule is CCOc1ccc(C(=O)Nc2cc(C(=O)OC)cc(C(=O)OC)c2)cc1OCC.COC(=O)c1cc(N)cc(C(=O)OC)c1. The quantitative estimate of drug-likeness (QED) is 0.191. The van der Waals surface area contributed by atoms with E-state index in [1.165, 1.54) is 64.8 Å². The minimum atomic E-state index is -0.647. The van der Waals surface area contributed by atoms with E-state index in [0.29, 0.717) is 36.0 Å². The molecule has 44 heavy (non-hydrogen) atoms. The monoisotopic (exact) mass is 610 g/mol. The van der Waals surface area contributed by atoms with Crippen LogP contribution < -0.4 is 20.5 Å². The number of nitrogens with one attached hydrogen (secondary N) is 1. The molecular weight excluding hydrogens is 576 g/mol. The Morgan fingerprint density at radius 3 is 1.39 bits per heavy atom. The Hall–Kier alpha value is -5.59. The van der Waals surface area contributed by atoms with Gasteiger partial charge in [0.05, 0.1) is 63.9 Å². The molecule has 0 heterocycles. The van der Waals surface area contributed by atoms with Gasteiger partial charge in [-0.3, -0.25) is 4.79 Å². The van der Waals surface area contributed by atoms with Crippen molar-refractivity contribution >= 4 is 41.2 Å². The number of carbonyl (C=O) groups is 5. The van der Waals surface area contributed by atoms with Crippen molar-refractivity contribution in [2.45, 2.75) is 13.8 Å². The second-order valence-corrected chi connectivity index (χ2v) is 8.59. The van der Waals surface area contributed by atoms with Gasteiger partial charge in [0.1, 0.15) is 0 Å². The van der Waals surface area contributed by atoms with Gasteiger partial charge in [-0.25, -0.2) is 19.2 Å². The highest BCUT2D eigenvalue weighted by atomic mass is 16.5. The number of esters is 4. The van der Waals surface area contributed by atoms with Crippen molar-refractivity contribution in [2.24, 2.45) is 0 Å². The molecule has 0 aromatic heterocycles. The van der Waals surface area contributed by atoms with Crippen LogP contribution in [0.15, 0.2) is 54.6 Å². The largest absolute Gasteiger partial charge is 0.490 e. The Labute approximate surface area is 254 Å². The molecule has 3 aromatic rings. The third kappa shape index (κ3) is 9.48. The number of carbonyl (C=O) groups excluding carboxylic acids is 5. The van der Waals surface area contributed by atoms with E-state index < -0.39 is 29.8 Å². The Bertz CT molecular complexity index is 1450. The first-order chi connectivity index (χ1) is 21.0. The molecule has 0 aliphatic rings. The number of hydrogen-bond donors (Lipinski definition) is 2. The maximum absolute atomic E-state index is 12.7. The number of hydrogen-bond acceptors (Lipinski definition) is 12. The number of rotatable bonds is 10. The zero-order chi connectivity index (χ0) is 32.8. The van der Waals surface area contributed by atoms with Crippen LogP contribution >= 0.6 is 0 Å². The van der Waals surface area contributed by atoms with Gasteiger partial charge in [-0.05, 0) is 68.4 Å². The first-order valence-corrected chi connectivity index (χ1v) is 13.1. The number of methoxy groups -OCH3 is 4. The van der Waals surface area contributed by atoms with E-state index in [4.69, 9.17) is 24.7 Å². The standard InChI is InChI=1S/C21H23NO7.C10H11NO4/c1-5-28-17-8-7-13(12-18(17)29-6-2)19(23)22-16-10-14(20(24)26-3)9-15(11-16)21(25)27-4;1-14-9(12)6-3-7(10(13)15-2)5-8(11)4-6/h7-12H,5-6H2,1-4H3,(H,22,23);3-5H,11H2,1-2H3. The number of nitrogens with two attached hydrogens (primary N) is 1. The van der Waals surface area contributed by atoms with Crippen LogP contribution in [0.5, 0.6) is 11.5 Å². The first kappa shape index (κ1) is 34.6. The van der Waals surface area contributed by atoms with E-state index in [1.54, 1.807) is 18.2 Å². The summed E-state index contributed by atoms with van der Waals surface area (Å²) in [5, 5.41) is 2.67. The smallest absolute Gasteiger partial charge is 0.337 e. The highest BCUT2D eigenvalue weighted by Gasteiger charge is 2.17. The molecule has 13 nitrogen and oxygen atoms in total. The summed E-state index contributed by atoms with van der Waals surface area (Å²) in [6, 6.07) is 13.2. The average Bonchev–Trinajstić information content (AvgIpc) is 3.03. The van der Waals surface area contributed by atoms with Crippen LogP contribution in [0.2, 0.25) is 0 Å². The summed E-state index contributed by atoms with van der Waals surface area (Å²) in [5.74, 6) is -1.87. The van der Waals surface area contributed by atoms with Crippen LogP contribution in [0, 0.1) is 0 Å². The van der Waals surface area contributed by atoms with E-state index in [2.05, 4.69) is 14.8 Å². The number of anilines is 2. The summed E-state index contributed by atoms with van der Waals surface area (Å²) in [7, 11) is 4.95.